The number of carbonyl (C=O) groups excluding carboxylic acids is 1. The van der Waals surface area contributed by atoms with E-state index in [1.54, 1.807) is 11.3 Å². The van der Waals surface area contributed by atoms with Gasteiger partial charge in [-0.2, -0.15) is 11.8 Å². The quantitative estimate of drug-likeness (QED) is 0.849. The number of aryl methyl sites for hydroxylation is 1. The summed E-state index contributed by atoms with van der Waals surface area (Å²) in [5, 5.41) is 9.12. The van der Waals surface area contributed by atoms with Gasteiger partial charge in [0.1, 0.15) is 0 Å². The van der Waals surface area contributed by atoms with Crippen molar-refractivity contribution in [2.75, 3.05) is 18.8 Å². The van der Waals surface area contributed by atoms with Gasteiger partial charge in [0.05, 0.1) is 10.7 Å². The number of thiazole rings is 1. The Bertz CT molecular complexity index is 441. The van der Waals surface area contributed by atoms with E-state index in [0.29, 0.717) is 6.54 Å². The number of aromatic nitrogens is 1. The number of nitrogens with one attached hydrogen (secondary N) is 2. The van der Waals surface area contributed by atoms with Crippen LogP contribution in [0.2, 0.25) is 0 Å². The van der Waals surface area contributed by atoms with Crippen LogP contribution in [0.15, 0.2) is 5.38 Å². The van der Waals surface area contributed by atoms with Gasteiger partial charge in [0.15, 0.2) is 0 Å². The normalized spacial score (nSPS) is 21.9. The summed E-state index contributed by atoms with van der Waals surface area (Å²) < 4.78 is 0.224. The Kier molecular flexibility index (Phi) is 5.72. The van der Waals surface area contributed by atoms with E-state index in [1.807, 2.05) is 11.8 Å². The van der Waals surface area contributed by atoms with Crippen molar-refractivity contribution < 1.29 is 4.79 Å². The predicted octanol–water partition coefficient (Wildman–Crippen LogP) is 2.83. The topological polar surface area (TPSA) is 54.0 Å². The van der Waals surface area contributed by atoms with Gasteiger partial charge in [-0.15, -0.1) is 11.3 Å². The maximum absolute atomic E-state index is 11.7. The SMILES string of the molecule is CCc1nc(CCNC(=O)NC[C@]2(C)CCCS2)cs1. The second-order valence-electron chi connectivity index (χ2n) is 5.35. The highest BCUT2D eigenvalue weighted by atomic mass is 32.2. The Morgan fingerprint density at radius 3 is 3.00 bits per heavy atom. The molecular formula is C14H23N3OS2. The van der Waals surface area contributed by atoms with E-state index in [-0.39, 0.29) is 10.8 Å². The first kappa shape index (κ1) is 15.6. The summed E-state index contributed by atoms with van der Waals surface area (Å²) in [7, 11) is 0. The molecule has 1 fully saturated rings. The molecule has 0 unspecified atom stereocenters. The lowest BCUT2D eigenvalue weighted by Gasteiger charge is -2.22. The van der Waals surface area contributed by atoms with Crippen LogP contribution in [0.5, 0.6) is 0 Å². The minimum atomic E-state index is -0.0651. The molecular weight excluding hydrogens is 290 g/mol. The Labute approximate surface area is 129 Å². The van der Waals surface area contributed by atoms with Crippen molar-refractivity contribution in [3.8, 4) is 0 Å². The molecule has 2 amide bonds. The first-order valence-corrected chi connectivity index (χ1v) is 9.07. The van der Waals surface area contributed by atoms with Crippen molar-refractivity contribution in [1.29, 1.82) is 0 Å². The Hall–Kier alpha value is -0.750. The Morgan fingerprint density at radius 1 is 1.50 bits per heavy atom. The monoisotopic (exact) mass is 313 g/mol. The summed E-state index contributed by atoms with van der Waals surface area (Å²) in [6.45, 7) is 5.73. The minimum Gasteiger partial charge on any atom is -0.338 e. The number of urea groups is 1. The Morgan fingerprint density at radius 2 is 2.35 bits per heavy atom. The third-order valence-corrected chi connectivity index (χ3v) is 6.07. The van der Waals surface area contributed by atoms with Gasteiger partial charge >= 0.3 is 6.03 Å². The number of amides is 2. The molecule has 0 spiro atoms. The maximum atomic E-state index is 11.7. The summed E-state index contributed by atoms with van der Waals surface area (Å²) in [6.07, 6.45) is 4.23. The lowest BCUT2D eigenvalue weighted by atomic mass is 10.1. The highest BCUT2D eigenvalue weighted by molar-refractivity contribution is 8.00. The van der Waals surface area contributed by atoms with Crippen LogP contribution in [0.4, 0.5) is 4.79 Å². The molecule has 20 heavy (non-hydrogen) atoms. The van der Waals surface area contributed by atoms with Crippen molar-refractivity contribution in [3.05, 3.63) is 16.1 Å². The lowest BCUT2D eigenvalue weighted by molar-refractivity contribution is 0.240. The van der Waals surface area contributed by atoms with Crippen molar-refractivity contribution in [3.63, 3.8) is 0 Å². The molecule has 2 N–H and O–H groups in total. The van der Waals surface area contributed by atoms with Crippen molar-refractivity contribution in [2.24, 2.45) is 0 Å². The third kappa shape index (κ3) is 4.66. The molecule has 4 nitrogen and oxygen atoms in total. The van der Waals surface area contributed by atoms with E-state index >= 15 is 0 Å². The second-order valence-corrected chi connectivity index (χ2v) is 7.97. The molecule has 2 rings (SSSR count). The van der Waals surface area contributed by atoms with Crippen LogP contribution in [0, 0.1) is 0 Å². The van der Waals surface area contributed by atoms with Crippen LogP contribution in [-0.4, -0.2) is 34.6 Å². The van der Waals surface area contributed by atoms with Crippen molar-refractivity contribution in [1.82, 2.24) is 15.6 Å². The molecule has 112 valence electrons. The van der Waals surface area contributed by atoms with Gasteiger partial charge in [-0.05, 0) is 31.9 Å². The smallest absolute Gasteiger partial charge is 0.314 e. The zero-order chi connectivity index (χ0) is 14.4. The molecule has 2 heterocycles. The molecule has 0 saturated carbocycles. The number of thioether (sulfide) groups is 1. The number of nitrogens with zero attached hydrogens (tertiary/aromatic N) is 1. The van der Waals surface area contributed by atoms with Crippen LogP contribution in [0.1, 0.15) is 37.4 Å². The molecule has 6 heteroatoms. The van der Waals surface area contributed by atoms with Crippen LogP contribution < -0.4 is 10.6 Å². The number of rotatable bonds is 6. The van der Waals surface area contributed by atoms with Gasteiger partial charge in [-0.25, -0.2) is 9.78 Å². The molecule has 1 saturated heterocycles. The van der Waals surface area contributed by atoms with Gasteiger partial charge in [0.2, 0.25) is 0 Å². The van der Waals surface area contributed by atoms with E-state index in [2.05, 4.69) is 34.8 Å². The molecule has 1 aromatic rings. The zero-order valence-electron chi connectivity index (χ0n) is 12.2. The van der Waals surface area contributed by atoms with E-state index in [4.69, 9.17) is 0 Å². The summed E-state index contributed by atoms with van der Waals surface area (Å²) >= 11 is 3.65. The number of hydrogen-bond acceptors (Lipinski definition) is 4. The van der Waals surface area contributed by atoms with Crippen LogP contribution >= 0.6 is 23.1 Å². The van der Waals surface area contributed by atoms with E-state index in [9.17, 15) is 4.79 Å². The number of carbonyl (C=O) groups is 1. The predicted molar refractivity (Wildman–Crippen MR) is 86.7 cm³/mol. The molecule has 1 aliphatic heterocycles. The van der Waals surface area contributed by atoms with Crippen LogP contribution in [0.25, 0.3) is 0 Å². The van der Waals surface area contributed by atoms with E-state index < -0.39 is 0 Å². The van der Waals surface area contributed by atoms with Gasteiger partial charge < -0.3 is 10.6 Å². The highest BCUT2D eigenvalue weighted by Gasteiger charge is 2.29. The maximum Gasteiger partial charge on any atom is 0.314 e. The van der Waals surface area contributed by atoms with Crippen molar-refractivity contribution >= 4 is 29.1 Å². The molecule has 1 aromatic heterocycles. The van der Waals surface area contributed by atoms with E-state index in [1.165, 1.54) is 18.6 Å². The fraction of sp³-hybridized carbons (Fsp3) is 0.714. The molecule has 1 atom stereocenters. The average Bonchev–Trinajstić information content (AvgIpc) is 3.06. The fourth-order valence-corrected chi connectivity index (χ4v) is 4.26. The van der Waals surface area contributed by atoms with E-state index in [0.717, 1.165) is 30.1 Å². The summed E-state index contributed by atoms with van der Waals surface area (Å²) in [6, 6.07) is -0.0651. The van der Waals surface area contributed by atoms with Gasteiger partial charge in [-0.3, -0.25) is 0 Å². The minimum absolute atomic E-state index is 0.0651. The largest absolute Gasteiger partial charge is 0.338 e. The average molecular weight is 313 g/mol. The standard InChI is InChI=1S/C14H23N3OS2/c1-3-12-17-11(9-19-12)5-7-15-13(18)16-10-14(2)6-4-8-20-14/h9H,3-8,10H2,1-2H3,(H2,15,16,18)/t14-/m0/s1. The molecule has 0 aromatic carbocycles. The van der Waals surface area contributed by atoms with Crippen LogP contribution in [0.3, 0.4) is 0 Å². The first-order chi connectivity index (χ1) is 9.61. The van der Waals surface area contributed by atoms with Gasteiger partial charge in [0.25, 0.3) is 0 Å². The van der Waals surface area contributed by atoms with Crippen molar-refractivity contribution in [2.45, 2.75) is 44.3 Å². The lowest BCUT2D eigenvalue weighted by Crippen LogP contribution is -2.43. The second kappa shape index (κ2) is 7.31. The summed E-state index contributed by atoms with van der Waals surface area (Å²) in [4.78, 5) is 16.2. The molecule has 0 aliphatic carbocycles. The fourth-order valence-electron chi connectivity index (χ4n) is 2.24. The zero-order valence-corrected chi connectivity index (χ0v) is 13.8. The molecule has 0 bridgehead atoms. The third-order valence-electron chi connectivity index (χ3n) is 3.49. The summed E-state index contributed by atoms with van der Waals surface area (Å²) in [5.41, 5.74) is 1.07. The van der Waals surface area contributed by atoms with Crippen LogP contribution in [-0.2, 0) is 12.8 Å². The summed E-state index contributed by atoms with van der Waals surface area (Å²) in [5.74, 6) is 1.21. The highest BCUT2D eigenvalue weighted by Crippen LogP contribution is 2.36. The molecule has 0 radical (unpaired) electrons. The van der Waals surface area contributed by atoms with Gasteiger partial charge in [0, 0.05) is 29.6 Å². The van der Waals surface area contributed by atoms with Gasteiger partial charge in [-0.1, -0.05) is 6.92 Å². The Balaban J connectivity index is 1.62. The number of hydrogen-bond donors (Lipinski definition) is 2. The molecule has 1 aliphatic rings. The first-order valence-electron chi connectivity index (χ1n) is 7.20.